The first-order chi connectivity index (χ1) is 20.8. The highest BCUT2D eigenvalue weighted by atomic mass is 35.5. The van der Waals surface area contributed by atoms with Crippen LogP contribution in [0.2, 0.25) is 5.02 Å². The van der Waals surface area contributed by atoms with Gasteiger partial charge in [0.2, 0.25) is 0 Å². The number of nitro groups is 1. The zero-order valence-corrected chi connectivity index (χ0v) is 23.6. The fourth-order valence-electron chi connectivity index (χ4n) is 4.45. The van der Waals surface area contributed by atoms with Crippen molar-refractivity contribution >= 4 is 52.6 Å². The Kier molecular flexibility index (Phi) is 8.49. The number of imide groups is 2. The van der Waals surface area contributed by atoms with Crippen molar-refractivity contribution in [1.82, 2.24) is 0 Å². The second-order valence-electron chi connectivity index (χ2n) is 9.27. The highest BCUT2D eigenvalue weighted by Gasteiger charge is 2.43. The molecule has 1 saturated heterocycles. The zero-order valence-electron chi connectivity index (χ0n) is 22.8. The normalized spacial score (nSPS) is 13.3. The third-order valence-corrected chi connectivity index (χ3v) is 6.73. The van der Waals surface area contributed by atoms with E-state index in [4.69, 9.17) is 21.1 Å². The van der Waals surface area contributed by atoms with Crippen LogP contribution in [-0.4, -0.2) is 29.4 Å². The summed E-state index contributed by atoms with van der Waals surface area (Å²) < 4.78 is 11.7. The van der Waals surface area contributed by atoms with Crippen LogP contribution >= 0.6 is 11.6 Å². The molecule has 4 amide bonds. The molecule has 0 aromatic heterocycles. The Hall–Kier alpha value is -5.48. The lowest BCUT2D eigenvalue weighted by Gasteiger charge is -2.34. The third kappa shape index (κ3) is 6.09. The topological polar surface area (TPSA) is 119 Å². The number of para-hydroxylation sites is 2. The standard InChI is InChI=1S/C32H24ClN3O7/c1-2-42-28-19-22(18-27(33)29(28)43-20-21-13-15-25(16-14-21)36(40)41)17-26-30(37)34(23-9-5-3-6-10-23)32(39)35(31(26)38)24-11-7-4-8-12-24/h3-19H,2,20H2,1H3. The van der Waals surface area contributed by atoms with E-state index >= 15 is 0 Å². The van der Waals surface area contributed by atoms with Crippen LogP contribution in [0.4, 0.5) is 21.9 Å². The number of hydrogen-bond donors (Lipinski definition) is 0. The molecule has 5 rings (SSSR count). The van der Waals surface area contributed by atoms with Gasteiger partial charge in [-0.15, -0.1) is 0 Å². The number of amides is 4. The minimum atomic E-state index is -0.799. The van der Waals surface area contributed by atoms with Crippen LogP contribution in [0.1, 0.15) is 18.1 Å². The molecule has 1 aliphatic heterocycles. The minimum Gasteiger partial charge on any atom is -0.490 e. The van der Waals surface area contributed by atoms with Crippen molar-refractivity contribution < 1.29 is 28.8 Å². The average Bonchev–Trinajstić information content (AvgIpc) is 3.00. The largest absolute Gasteiger partial charge is 0.490 e. The van der Waals surface area contributed by atoms with Gasteiger partial charge in [-0.1, -0.05) is 48.0 Å². The number of ether oxygens (including phenoxy) is 2. The van der Waals surface area contributed by atoms with Crippen LogP contribution < -0.4 is 19.3 Å². The Morgan fingerprint density at radius 2 is 1.37 bits per heavy atom. The Labute approximate surface area is 251 Å². The zero-order chi connectivity index (χ0) is 30.5. The number of hydrogen-bond acceptors (Lipinski definition) is 7. The van der Waals surface area contributed by atoms with Crippen LogP contribution in [0.15, 0.2) is 103 Å². The minimum absolute atomic E-state index is 0.0423. The molecule has 1 fully saturated rings. The molecule has 11 heteroatoms. The van der Waals surface area contributed by atoms with E-state index in [0.29, 0.717) is 22.5 Å². The SMILES string of the molecule is CCOc1cc(C=C2C(=O)N(c3ccccc3)C(=O)N(c3ccccc3)C2=O)cc(Cl)c1OCc1ccc([N+](=O)[O-])cc1. The number of nitrogens with zero attached hydrogens (tertiary/aromatic N) is 3. The molecule has 0 unspecified atom stereocenters. The van der Waals surface area contributed by atoms with Crippen LogP contribution in [0, 0.1) is 10.1 Å². The lowest BCUT2D eigenvalue weighted by molar-refractivity contribution is -0.384. The molecule has 1 aliphatic rings. The lowest BCUT2D eigenvalue weighted by Crippen LogP contribution is -2.57. The van der Waals surface area contributed by atoms with E-state index < -0.39 is 22.8 Å². The number of carbonyl (C=O) groups excluding carboxylic acids is 3. The average molecular weight is 598 g/mol. The van der Waals surface area contributed by atoms with Crippen molar-refractivity contribution in [2.24, 2.45) is 0 Å². The molecule has 0 N–H and O–H groups in total. The van der Waals surface area contributed by atoms with Gasteiger partial charge in [-0.25, -0.2) is 14.6 Å². The molecule has 216 valence electrons. The number of rotatable bonds is 9. The highest BCUT2D eigenvalue weighted by Crippen LogP contribution is 2.39. The molecule has 4 aromatic carbocycles. The summed E-state index contributed by atoms with van der Waals surface area (Å²) >= 11 is 6.60. The van der Waals surface area contributed by atoms with Crippen LogP contribution in [0.25, 0.3) is 6.08 Å². The summed E-state index contributed by atoms with van der Waals surface area (Å²) in [7, 11) is 0. The van der Waals surface area contributed by atoms with Gasteiger partial charge in [-0.2, -0.15) is 0 Å². The Morgan fingerprint density at radius 1 is 0.814 bits per heavy atom. The quantitative estimate of drug-likeness (QED) is 0.0899. The molecule has 10 nitrogen and oxygen atoms in total. The maximum absolute atomic E-state index is 13.7. The number of benzene rings is 4. The molecule has 0 spiro atoms. The summed E-state index contributed by atoms with van der Waals surface area (Å²) in [5, 5.41) is 11.1. The van der Waals surface area contributed by atoms with Crippen molar-refractivity contribution in [3.05, 3.63) is 129 Å². The first kappa shape index (κ1) is 29.0. The third-order valence-electron chi connectivity index (χ3n) is 6.45. The number of anilines is 2. The predicted octanol–water partition coefficient (Wildman–Crippen LogP) is 6.81. The second kappa shape index (κ2) is 12.6. The second-order valence-corrected chi connectivity index (χ2v) is 9.68. The Bertz CT molecular complexity index is 1660. The molecule has 4 aromatic rings. The van der Waals surface area contributed by atoms with Crippen molar-refractivity contribution in [3.8, 4) is 11.5 Å². The molecular formula is C32H24ClN3O7. The van der Waals surface area contributed by atoms with Gasteiger partial charge in [0, 0.05) is 12.1 Å². The van der Waals surface area contributed by atoms with Crippen molar-refractivity contribution in [2.45, 2.75) is 13.5 Å². The maximum Gasteiger partial charge on any atom is 0.343 e. The molecule has 0 aliphatic carbocycles. The molecular weight excluding hydrogens is 574 g/mol. The number of halogens is 1. The van der Waals surface area contributed by atoms with Gasteiger partial charge in [0.15, 0.2) is 11.5 Å². The maximum atomic E-state index is 13.7. The van der Waals surface area contributed by atoms with Gasteiger partial charge >= 0.3 is 6.03 Å². The number of carbonyl (C=O) groups is 3. The van der Waals surface area contributed by atoms with E-state index in [1.807, 2.05) is 0 Å². The van der Waals surface area contributed by atoms with E-state index in [0.717, 1.165) is 9.80 Å². The van der Waals surface area contributed by atoms with E-state index in [1.165, 1.54) is 24.3 Å². The first-order valence-electron chi connectivity index (χ1n) is 13.2. The molecule has 0 saturated carbocycles. The molecule has 1 heterocycles. The number of non-ortho nitro benzene ring substituents is 1. The van der Waals surface area contributed by atoms with E-state index in [9.17, 15) is 24.5 Å². The predicted molar refractivity (Wildman–Crippen MR) is 161 cm³/mol. The molecule has 43 heavy (non-hydrogen) atoms. The van der Waals surface area contributed by atoms with Crippen LogP contribution in [0.5, 0.6) is 11.5 Å². The highest BCUT2D eigenvalue weighted by molar-refractivity contribution is 6.46. The summed E-state index contributed by atoms with van der Waals surface area (Å²) in [5.41, 5.74) is 1.34. The smallest absolute Gasteiger partial charge is 0.343 e. The number of urea groups is 1. The van der Waals surface area contributed by atoms with Crippen molar-refractivity contribution in [1.29, 1.82) is 0 Å². The Morgan fingerprint density at radius 3 is 1.88 bits per heavy atom. The van der Waals surface area contributed by atoms with Gasteiger partial charge in [0.25, 0.3) is 17.5 Å². The molecule has 0 bridgehead atoms. The number of nitro benzene ring substituents is 1. The number of barbiturate groups is 1. The summed E-state index contributed by atoms with van der Waals surface area (Å²) in [4.78, 5) is 53.2. The van der Waals surface area contributed by atoms with Crippen LogP contribution in [0.3, 0.4) is 0 Å². The van der Waals surface area contributed by atoms with Crippen molar-refractivity contribution in [2.75, 3.05) is 16.4 Å². The van der Waals surface area contributed by atoms with E-state index in [-0.39, 0.29) is 41.0 Å². The van der Waals surface area contributed by atoms with Gasteiger partial charge < -0.3 is 9.47 Å². The molecule has 0 radical (unpaired) electrons. The fraction of sp³-hybridized carbons (Fsp3) is 0.0938. The van der Waals surface area contributed by atoms with Gasteiger partial charge in [0.1, 0.15) is 12.2 Å². The summed E-state index contributed by atoms with van der Waals surface area (Å²) in [5.74, 6) is -1.10. The van der Waals surface area contributed by atoms with E-state index in [1.54, 1.807) is 85.8 Å². The lowest BCUT2D eigenvalue weighted by atomic mass is 10.0. The summed E-state index contributed by atoms with van der Waals surface area (Å²) in [6.07, 6.45) is 1.36. The summed E-state index contributed by atoms with van der Waals surface area (Å²) in [6.45, 7) is 2.09. The van der Waals surface area contributed by atoms with Gasteiger partial charge in [-0.05, 0) is 72.7 Å². The van der Waals surface area contributed by atoms with Gasteiger partial charge in [0.05, 0.1) is 27.9 Å². The first-order valence-corrected chi connectivity index (χ1v) is 13.5. The van der Waals surface area contributed by atoms with Crippen LogP contribution in [-0.2, 0) is 16.2 Å². The summed E-state index contributed by atoms with van der Waals surface area (Å²) in [6, 6.07) is 24.9. The monoisotopic (exact) mass is 597 g/mol. The van der Waals surface area contributed by atoms with E-state index in [2.05, 4.69) is 0 Å². The molecule has 0 atom stereocenters. The Balaban J connectivity index is 1.52. The van der Waals surface area contributed by atoms with Gasteiger partial charge in [-0.3, -0.25) is 19.7 Å². The van der Waals surface area contributed by atoms with Crippen molar-refractivity contribution in [3.63, 3.8) is 0 Å². The fourth-order valence-corrected chi connectivity index (χ4v) is 4.72.